The molecule has 6 nitrogen and oxygen atoms in total. The number of hydrogen-bond acceptors (Lipinski definition) is 5. The lowest BCUT2D eigenvalue weighted by Gasteiger charge is -2.11. The van der Waals surface area contributed by atoms with Crippen molar-refractivity contribution in [2.75, 3.05) is 13.2 Å². The van der Waals surface area contributed by atoms with Gasteiger partial charge in [-0.25, -0.2) is 9.97 Å². The van der Waals surface area contributed by atoms with Crippen LogP contribution in [-0.4, -0.2) is 39.7 Å². The number of carbonyl (C=O) groups is 1. The maximum Gasteiger partial charge on any atom is 0.251 e. The van der Waals surface area contributed by atoms with Gasteiger partial charge in [0.15, 0.2) is 10.8 Å². The number of nitrogens with one attached hydrogen (secondary N) is 1. The minimum Gasteiger partial charge on any atom is -0.376 e. The number of aromatic nitrogens is 3. The van der Waals surface area contributed by atoms with Crippen LogP contribution < -0.4 is 5.32 Å². The minimum absolute atomic E-state index is 0.0552. The van der Waals surface area contributed by atoms with Crippen molar-refractivity contribution >= 4 is 28.8 Å². The molecule has 0 aliphatic carbocycles. The summed E-state index contributed by atoms with van der Waals surface area (Å²) in [5.74, 6) is 0.705. The number of pyridine rings is 1. The Labute approximate surface area is 197 Å². The number of nitrogens with zero attached hydrogens (tertiary/aromatic N) is 3. The quantitative estimate of drug-likeness (QED) is 0.388. The van der Waals surface area contributed by atoms with Crippen molar-refractivity contribution in [1.82, 2.24) is 19.9 Å². The molecule has 0 bridgehead atoms. The van der Waals surface area contributed by atoms with Crippen LogP contribution in [0.2, 0.25) is 0 Å². The maximum absolute atomic E-state index is 12.4. The zero-order valence-electron chi connectivity index (χ0n) is 18.3. The van der Waals surface area contributed by atoms with E-state index in [9.17, 15) is 4.79 Å². The Kier molecular flexibility index (Phi) is 6.69. The van der Waals surface area contributed by atoms with Crippen molar-refractivity contribution in [3.05, 3.63) is 89.6 Å². The number of benzene rings is 2. The van der Waals surface area contributed by atoms with Gasteiger partial charge in [0.2, 0.25) is 0 Å². The third kappa shape index (κ3) is 5.26. The van der Waals surface area contributed by atoms with Crippen LogP contribution in [0.1, 0.15) is 34.3 Å². The smallest absolute Gasteiger partial charge is 0.251 e. The summed E-state index contributed by atoms with van der Waals surface area (Å²) in [5.41, 5.74) is 4.81. The van der Waals surface area contributed by atoms with Crippen LogP contribution >= 0.6 is 11.8 Å². The van der Waals surface area contributed by atoms with Gasteiger partial charge in [-0.3, -0.25) is 9.36 Å². The minimum atomic E-state index is -0.0552. The van der Waals surface area contributed by atoms with Crippen LogP contribution in [0.5, 0.6) is 0 Å². The number of rotatable bonds is 8. The lowest BCUT2D eigenvalue weighted by molar-refractivity contribution is 0.0858. The van der Waals surface area contributed by atoms with E-state index in [4.69, 9.17) is 9.72 Å². The van der Waals surface area contributed by atoms with Gasteiger partial charge in [-0.15, -0.1) is 0 Å². The third-order valence-electron chi connectivity index (χ3n) is 5.75. The molecule has 168 valence electrons. The highest BCUT2D eigenvalue weighted by molar-refractivity contribution is 7.98. The number of fused-ring (bicyclic) bond motifs is 1. The molecule has 1 fully saturated rings. The number of ether oxygens (including phenoxy) is 1. The van der Waals surface area contributed by atoms with E-state index in [-0.39, 0.29) is 12.0 Å². The van der Waals surface area contributed by atoms with Crippen molar-refractivity contribution in [3.63, 3.8) is 0 Å². The molecular formula is C26H26N4O2S. The molecule has 1 amide bonds. The Morgan fingerprint density at radius 1 is 1.06 bits per heavy atom. The molecule has 2 aromatic heterocycles. The molecule has 3 heterocycles. The molecule has 0 spiro atoms. The predicted molar refractivity (Wildman–Crippen MR) is 130 cm³/mol. The van der Waals surface area contributed by atoms with Crippen LogP contribution in [0.15, 0.2) is 78.1 Å². The summed E-state index contributed by atoms with van der Waals surface area (Å²) in [6.07, 6.45) is 4.04. The summed E-state index contributed by atoms with van der Waals surface area (Å²) in [6.45, 7) is 2.09. The van der Waals surface area contributed by atoms with Crippen LogP contribution in [0.3, 0.4) is 0 Å². The van der Waals surface area contributed by atoms with Crippen LogP contribution in [0.4, 0.5) is 0 Å². The first kappa shape index (κ1) is 21.7. The van der Waals surface area contributed by atoms with Crippen molar-refractivity contribution in [2.24, 2.45) is 0 Å². The van der Waals surface area contributed by atoms with Crippen molar-refractivity contribution in [2.45, 2.75) is 36.4 Å². The predicted octanol–water partition coefficient (Wildman–Crippen LogP) is 4.68. The molecule has 1 aliphatic heterocycles. The topological polar surface area (TPSA) is 69.0 Å². The van der Waals surface area contributed by atoms with Crippen molar-refractivity contribution in [3.8, 4) is 0 Å². The van der Waals surface area contributed by atoms with E-state index in [0.29, 0.717) is 12.1 Å². The summed E-state index contributed by atoms with van der Waals surface area (Å²) >= 11 is 1.68. The molecule has 0 radical (unpaired) electrons. The second-order valence-electron chi connectivity index (χ2n) is 8.14. The zero-order chi connectivity index (χ0) is 22.5. The Hall–Kier alpha value is -3.16. The molecule has 1 atom stereocenters. The first-order valence-corrected chi connectivity index (χ1v) is 12.2. The molecule has 5 rings (SSSR count). The first-order chi connectivity index (χ1) is 16.3. The van der Waals surface area contributed by atoms with Gasteiger partial charge >= 0.3 is 0 Å². The monoisotopic (exact) mass is 458 g/mol. The SMILES string of the molecule is O=C(NC[C@@H]1CCCO1)c1ccc(CSc2nc3cccnc3n2Cc2ccccc2)cc1. The summed E-state index contributed by atoms with van der Waals surface area (Å²) in [4.78, 5) is 21.8. The largest absolute Gasteiger partial charge is 0.376 e. The molecule has 1 aliphatic rings. The van der Waals surface area contributed by atoms with Crippen molar-refractivity contribution in [1.29, 1.82) is 0 Å². The Balaban J connectivity index is 1.25. The highest BCUT2D eigenvalue weighted by Crippen LogP contribution is 2.27. The molecule has 1 saturated heterocycles. The summed E-state index contributed by atoms with van der Waals surface area (Å²) < 4.78 is 7.74. The van der Waals surface area contributed by atoms with Gasteiger partial charge in [-0.2, -0.15) is 0 Å². The second-order valence-corrected chi connectivity index (χ2v) is 9.09. The molecule has 33 heavy (non-hydrogen) atoms. The third-order valence-corrected chi connectivity index (χ3v) is 6.80. The number of hydrogen-bond donors (Lipinski definition) is 1. The number of amides is 1. The van der Waals surface area contributed by atoms with Gasteiger partial charge in [-0.05, 0) is 48.2 Å². The van der Waals surface area contributed by atoms with Gasteiger partial charge in [0.1, 0.15) is 5.52 Å². The Morgan fingerprint density at radius 2 is 1.91 bits per heavy atom. The van der Waals surface area contributed by atoms with Crippen LogP contribution in [-0.2, 0) is 17.0 Å². The van der Waals surface area contributed by atoms with Gasteiger partial charge in [-0.1, -0.05) is 54.2 Å². The number of carbonyl (C=O) groups excluding carboxylic acids is 1. The van der Waals surface area contributed by atoms with Gasteiger partial charge in [0, 0.05) is 30.7 Å². The summed E-state index contributed by atoms with van der Waals surface area (Å²) in [5, 5.41) is 3.91. The average molecular weight is 459 g/mol. The highest BCUT2D eigenvalue weighted by atomic mass is 32.2. The normalized spacial score (nSPS) is 15.7. The second kappa shape index (κ2) is 10.2. The van der Waals surface area contributed by atoms with E-state index in [2.05, 4.69) is 27.0 Å². The van der Waals surface area contributed by atoms with E-state index in [0.717, 1.165) is 53.6 Å². The standard InChI is InChI=1S/C26H26N4O2S/c31-25(28-16-22-8-5-15-32-22)21-12-10-20(11-13-21)18-33-26-29-23-9-4-14-27-24(23)30(26)17-19-6-2-1-3-7-19/h1-4,6-7,9-14,22H,5,8,15-18H2,(H,28,31)/t22-/m0/s1. The average Bonchev–Trinajstić information content (AvgIpc) is 3.50. The van der Waals surface area contributed by atoms with E-state index < -0.39 is 0 Å². The zero-order valence-corrected chi connectivity index (χ0v) is 19.1. The fourth-order valence-corrected chi connectivity index (χ4v) is 4.93. The number of thioether (sulfide) groups is 1. The fourth-order valence-electron chi connectivity index (χ4n) is 3.97. The number of imidazole rings is 1. The molecular weight excluding hydrogens is 432 g/mol. The molecule has 7 heteroatoms. The molecule has 0 saturated carbocycles. The van der Waals surface area contributed by atoms with E-state index in [1.807, 2.05) is 60.8 Å². The Morgan fingerprint density at radius 3 is 2.70 bits per heavy atom. The van der Waals surface area contributed by atoms with Crippen molar-refractivity contribution < 1.29 is 9.53 Å². The van der Waals surface area contributed by atoms with E-state index in [1.165, 1.54) is 5.56 Å². The van der Waals surface area contributed by atoms with Crippen LogP contribution in [0, 0.1) is 0 Å². The first-order valence-electron chi connectivity index (χ1n) is 11.2. The summed E-state index contributed by atoms with van der Waals surface area (Å²) in [6, 6.07) is 22.1. The fraction of sp³-hybridized carbons (Fsp3) is 0.269. The van der Waals surface area contributed by atoms with Gasteiger partial charge in [0.05, 0.1) is 12.6 Å². The summed E-state index contributed by atoms with van der Waals surface area (Å²) in [7, 11) is 0. The Bertz CT molecular complexity index is 1220. The maximum atomic E-state index is 12.4. The highest BCUT2D eigenvalue weighted by Gasteiger charge is 2.17. The molecule has 2 aromatic carbocycles. The van der Waals surface area contributed by atoms with Crippen LogP contribution in [0.25, 0.3) is 11.2 Å². The molecule has 0 unspecified atom stereocenters. The van der Waals surface area contributed by atoms with Gasteiger partial charge in [0.25, 0.3) is 5.91 Å². The molecule has 4 aromatic rings. The van der Waals surface area contributed by atoms with E-state index in [1.54, 1.807) is 11.8 Å². The lowest BCUT2D eigenvalue weighted by atomic mass is 10.1. The van der Waals surface area contributed by atoms with E-state index >= 15 is 0 Å². The molecule has 1 N–H and O–H groups in total. The lowest BCUT2D eigenvalue weighted by Crippen LogP contribution is -2.31. The van der Waals surface area contributed by atoms with Gasteiger partial charge < -0.3 is 10.1 Å².